The first-order chi connectivity index (χ1) is 16.6. The molecule has 1 N–H and O–H groups in total. The van der Waals surface area contributed by atoms with Crippen LogP contribution in [0.3, 0.4) is 0 Å². The van der Waals surface area contributed by atoms with Gasteiger partial charge in [0.25, 0.3) is 5.56 Å². The van der Waals surface area contributed by atoms with Crippen LogP contribution in [0.2, 0.25) is 0 Å². The van der Waals surface area contributed by atoms with Crippen LogP contribution in [-0.4, -0.2) is 22.3 Å². The molecule has 5 rings (SSSR count). The monoisotopic (exact) mass is 457 g/mol. The number of para-hydroxylation sites is 1. The van der Waals surface area contributed by atoms with E-state index in [4.69, 9.17) is 14.2 Å². The second kappa shape index (κ2) is 9.27. The summed E-state index contributed by atoms with van der Waals surface area (Å²) in [4.78, 5) is 29.6. The molecule has 0 saturated heterocycles. The third-order valence-electron chi connectivity index (χ3n) is 5.60. The molecule has 8 heteroatoms. The molecule has 34 heavy (non-hydrogen) atoms. The molecule has 2 heterocycles. The maximum atomic E-state index is 12.7. The summed E-state index contributed by atoms with van der Waals surface area (Å²) in [5.41, 5.74) is 3.05. The van der Waals surface area contributed by atoms with Crippen molar-refractivity contribution in [3.05, 3.63) is 88.5 Å². The molecule has 0 saturated carbocycles. The predicted octanol–water partition coefficient (Wildman–Crippen LogP) is 4.04. The quantitative estimate of drug-likeness (QED) is 0.450. The van der Waals surface area contributed by atoms with Crippen molar-refractivity contribution in [2.75, 3.05) is 12.1 Å². The lowest BCUT2D eigenvalue weighted by atomic mass is 10.1. The number of aromatic nitrogens is 2. The molecule has 0 atom stereocenters. The summed E-state index contributed by atoms with van der Waals surface area (Å²) in [6, 6.07) is 18.4. The Morgan fingerprint density at radius 3 is 2.85 bits per heavy atom. The van der Waals surface area contributed by atoms with E-state index < -0.39 is 0 Å². The predicted molar refractivity (Wildman–Crippen MR) is 127 cm³/mol. The van der Waals surface area contributed by atoms with Gasteiger partial charge in [-0.3, -0.25) is 14.2 Å². The third-order valence-corrected chi connectivity index (χ3v) is 5.60. The fourth-order valence-electron chi connectivity index (χ4n) is 3.81. The van der Waals surface area contributed by atoms with Crippen molar-refractivity contribution in [2.24, 2.45) is 0 Å². The maximum absolute atomic E-state index is 12.7. The molecule has 1 aliphatic heterocycles. The summed E-state index contributed by atoms with van der Waals surface area (Å²) >= 11 is 0. The molecule has 0 spiro atoms. The topological polar surface area (TPSA) is 91.7 Å². The van der Waals surface area contributed by atoms with E-state index in [1.54, 1.807) is 12.1 Å². The molecule has 0 radical (unpaired) electrons. The zero-order valence-corrected chi connectivity index (χ0v) is 18.6. The number of hydrogen-bond donors (Lipinski definition) is 1. The van der Waals surface area contributed by atoms with Crippen LogP contribution in [0.1, 0.15) is 17.5 Å². The van der Waals surface area contributed by atoms with Gasteiger partial charge in [0.15, 0.2) is 11.5 Å². The zero-order valence-electron chi connectivity index (χ0n) is 18.6. The highest BCUT2D eigenvalue weighted by Crippen LogP contribution is 2.35. The second-order valence-electron chi connectivity index (χ2n) is 8.02. The van der Waals surface area contributed by atoms with Crippen LogP contribution >= 0.6 is 0 Å². The molecule has 8 nitrogen and oxygen atoms in total. The Labute approximate surface area is 195 Å². The number of ether oxygens (including phenoxy) is 3. The van der Waals surface area contributed by atoms with Gasteiger partial charge in [0.1, 0.15) is 12.4 Å². The number of carbonyl (C=O) groups excluding carboxylic acids is 1. The number of nitrogens with one attached hydrogen (secondary N) is 1. The van der Waals surface area contributed by atoms with Crippen molar-refractivity contribution < 1.29 is 19.0 Å². The second-order valence-corrected chi connectivity index (χ2v) is 8.02. The average Bonchev–Trinajstić information content (AvgIpc) is 3.31. The normalized spacial score (nSPS) is 12.0. The molecule has 1 aromatic heterocycles. The molecule has 3 aromatic carbocycles. The molecular weight excluding hydrogens is 434 g/mol. The highest BCUT2D eigenvalue weighted by molar-refractivity contribution is 5.90. The van der Waals surface area contributed by atoms with Gasteiger partial charge in [0.05, 0.1) is 17.2 Å². The summed E-state index contributed by atoms with van der Waals surface area (Å²) in [5, 5.41) is 3.44. The van der Waals surface area contributed by atoms with Crippen LogP contribution in [0.4, 0.5) is 5.69 Å². The van der Waals surface area contributed by atoms with Crippen LogP contribution in [0.5, 0.6) is 17.2 Å². The molecule has 0 fully saturated rings. The number of hydrogen-bond acceptors (Lipinski definition) is 6. The number of nitrogens with zero attached hydrogens (tertiary/aromatic N) is 2. The van der Waals surface area contributed by atoms with Crippen molar-refractivity contribution in [1.29, 1.82) is 0 Å². The van der Waals surface area contributed by atoms with Crippen LogP contribution < -0.4 is 25.1 Å². The smallest absolute Gasteiger partial charge is 0.261 e. The van der Waals surface area contributed by atoms with Gasteiger partial charge in [0.2, 0.25) is 12.7 Å². The first-order valence-corrected chi connectivity index (χ1v) is 10.9. The van der Waals surface area contributed by atoms with Crippen molar-refractivity contribution in [2.45, 2.75) is 26.5 Å². The maximum Gasteiger partial charge on any atom is 0.261 e. The summed E-state index contributed by atoms with van der Waals surface area (Å²) in [5.74, 6) is 1.84. The molecular formula is C26H23N3O5. The van der Waals surface area contributed by atoms with E-state index in [0.717, 1.165) is 11.1 Å². The number of benzene rings is 3. The van der Waals surface area contributed by atoms with Gasteiger partial charge in [-0.15, -0.1) is 0 Å². The van der Waals surface area contributed by atoms with E-state index in [0.29, 0.717) is 40.4 Å². The van der Waals surface area contributed by atoms with E-state index in [1.165, 1.54) is 10.9 Å². The van der Waals surface area contributed by atoms with Gasteiger partial charge in [-0.25, -0.2) is 4.98 Å². The van der Waals surface area contributed by atoms with Gasteiger partial charge < -0.3 is 19.5 Å². The van der Waals surface area contributed by atoms with E-state index in [-0.39, 0.29) is 31.2 Å². The Bertz CT molecular complexity index is 1430. The van der Waals surface area contributed by atoms with Gasteiger partial charge in [-0.2, -0.15) is 0 Å². The summed E-state index contributed by atoms with van der Waals surface area (Å²) in [6.07, 6.45) is 1.65. The van der Waals surface area contributed by atoms with E-state index in [2.05, 4.69) is 10.3 Å². The van der Waals surface area contributed by atoms with Crippen LogP contribution in [0.25, 0.3) is 10.9 Å². The van der Waals surface area contributed by atoms with Crippen molar-refractivity contribution in [1.82, 2.24) is 9.55 Å². The lowest BCUT2D eigenvalue weighted by molar-refractivity contribution is -0.116. The van der Waals surface area contributed by atoms with Gasteiger partial charge in [-0.1, -0.05) is 24.3 Å². The number of aryl methyl sites for hydroxylation is 2. The first-order valence-electron chi connectivity index (χ1n) is 10.9. The van der Waals surface area contributed by atoms with Crippen molar-refractivity contribution in [3.63, 3.8) is 0 Å². The van der Waals surface area contributed by atoms with Crippen LogP contribution in [-0.2, 0) is 17.9 Å². The summed E-state index contributed by atoms with van der Waals surface area (Å²) < 4.78 is 18.0. The van der Waals surface area contributed by atoms with E-state index in [1.807, 2.05) is 55.5 Å². The summed E-state index contributed by atoms with van der Waals surface area (Å²) in [7, 11) is 0. The fourth-order valence-corrected chi connectivity index (χ4v) is 3.81. The molecule has 1 amide bonds. The van der Waals surface area contributed by atoms with Gasteiger partial charge in [0, 0.05) is 24.7 Å². The van der Waals surface area contributed by atoms with Gasteiger partial charge in [-0.05, 0) is 48.4 Å². The van der Waals surface area contributed by atoms with E-state index in [9.17, 15) is 9.59 Å². The lowest BCUT2D eigenvalue weighted by Gasteiger charge is -2.10. The number of fused-ring (bicyclic) bond motifs is 2. The molecule has 0 unspecified atom stereocenters. The third kappa shape index (κ3) is 4.56. The molecule has 0 bridgehead atoms. The standard InChI is InChI=1S/C26H23N3O5/c1-17-4-2-7-21-25(17)27-15-29(26(21)31)11-10-24(30)28-19-6-3-5-18(12-19)14-32-20-8-9-22-23(13-20)34-16-33-22/h2-9,12-13,15H,10-11,14,16H2,1H3,(H,28,30). The Morgan fingerprint density at radius 1 is 1.09 bits per heavy atom. The minimum absolute atomic E-state index is 0.149. The SMILES string of the molecule is Cc1cccc2c(=O)n(CCC(=O)Nc3cccc(COc4ccc5c(c4)OCO5)c3)cnc12. The van der Waals surface area contributed by atoms with E-state index >= 15 is 0 Å². The minimum Gasteiger partial charge on any atom is -0.489 e. The molecule has 4 aromatic rings. The van der Waals surface area contributed by atoms with Gasteiger partial charge >= 0.3 is 0 Å². The highest BCUT2D eigenvalue weighted by atomic mass is 16.7. The Kier molecular flexibility index (Phi) is 5.86. The summed E-state index contributed by atoms with van der Waals surface area (Å²) in [6.45, 7) is 2.71. The molecule has 172 valence electrons. The highest BCUT2D eigenvalue weighted by Gasteiger charge is 2.14. The minimum atomic E-state index is -0.190. The van der Waals surface area contributed by atoms with Crippen molar-refractivity contribution in [3.8, 4) is 17.2 Å². The van der Waals surface area contributed by atoms with Crippen molar-refractivity contribution >= 4 is 22.5 Å². The first kappa shape index (κ1) is 21.5. The fraction of sp³-hybridized carbons (Fsp3) is 0.192. The number of amides is 1. The Balaban J connectivity index is 1.18. The van der Waals surface area contributed by atoms with Crippen LogP contribution in [0.15, 0.2) is 71.8 Å². The molecule has 0 aliphatic carbocycles. The Morgan fingerprint density at radius 2 is 1.94 bits per heavy atom. The van der Waals surface area contributed by atoms with Crippen LogP contribution in [0, 0.1) is 6.92 Å². The molecule has 1 aliphatic rings. The number of carbonyl (C=O) groups is 1. The Hall–Kier alpha value is -4.33. The number of rotatable bonds is 7. The number of anilines is 1. The average molecular weight is 457 g/mol. The zero-order chi connectivity index (χ0) is 23.5. The largest absolute Gasteiger partial charge is 0.489 e. The lowest BCUT2D eigenvalue weighted by Crippen LogP contribution is -2.23.